The van der Waals surface area contributed by atoms with Gasteiger partial charge in [-0.15, -0.1) is 11.3 Å². The molecule has 1 unspecified atom stereocenters. The molecule has 0 spiro atoms. The van der Waals surface area contributed by atoms with Crippen molar-refractivity contribution in [3.05, 3.63) is 56.8 Å². The molecular weight excluding hydrogens is 318 g/mol. The largest absolute Gasteiger partial charge is 0.381 e. The molecule has 0 radical (unpaired) electrons. The Morgan fingerprint density at radius 1 is 1.21 bits per heavy atom. The van der Waals surface area contributed by atoms with Crippen molar-refractivity contribution in [2.75, 3.05) is 13.2 Å². The van der Waals surface area contributed by atoms with E-state index in [-0.39, 0.29) is 11.9 Å². The van der Waals surface area contributed by atoms with Crippen molar-refractivity contribution < 1.29 is 9.53 Å². The molecule has 3 nitrogen and oxygen atoms in total. The van der Waals surface area contributed by atoms with Crippen molar-refractivity contribution in [1.82, 2.24) is 5.32 Å². The van der Waals surface area contributed by atoms with Gasteiger partial charge < -0.3 is 10.1 Å². The third kappa shape index (κ3) is 3.70. The van der Waals surface area contributed by atoms with Crippen LogP contribution in [0.25, 0.3) is 0 Å². The summed E-state index contributed by atoms with van der Waals surface area (Å²) in [6.45, 7) is 7.67. The third-order valence-corrected chi connectivity index (χ3v) is 5.73. The van der Waals surface area contributed by atoms with Crippen LogP contribution in [0, 0.1) is 26.7 Å². The molecule has 0 aliphatic carbocycles. The number of nitrogens with one attached hydrogen (secondary N) is 1. The smallest absolute Gasteiger partial charge is 0.252 e. The molecule has 1 saturated heterocycles. The van der Waals surface area contributed by atoms with Gasteiger partial charge in [-0.3, -0.25) is 4.79 Å². The lowest BCUT2D eigenvalue weighted by molar-refractivity contribution is 0.0518. The minimum Gasteiger partial charge on any atom is -0.381 e. The van der Waals surface area contributed by atoms with Gasteiger partial charge in [-0.2, -0.15) is 0 Å². The first-order valence-electron chi connectivity index (χ1n) is 8.56. The fourth-order valence-electron chi connectivity index (χ4n) is 3.69. The molecule has 1 aromatic carbocycles. The van der Waals surface area contributed by atoms with E-state index in [9.17, 15) is 4.79 Å². The Morgan fingerprint density at radius 3 is 2.46 bits per heavy atom. The van der Waals surface area contributed by atoms with Crippen LogP contribution >= 0.6 is 11.3 Å². The van der Waals surface area contributed by atoms with Gasteiger partial charge in [0.2, 0.25) is 0 Å². The van der Waals surface area contributed by atoms with E-state index >= 15 is 0 Å². The highest BCUT2D eigenvalue weighted by Crippen LogP contribution is 2.33. The second-order valence-corrected chi connectivity index (χ2v) is 7.67. The van der Waals surface area contributed by atoms with Gasteiger partial charge in [-0.1, -0.05) is 23.8 Å². The normalized spacial score (nSPS) is 16.8. The Hall–Kier alpha value is -1.65. The monoisotopic (exact) mass is 343 g/mol. The predicted octanol–water partition coefficient (Wildman–Crippen LogP) is 4.57. The van der Waals surface area contributed by atoms with Crippen molar-refractivity contribution in [3.63, 3.8) is 0 Å². The maximum atomic E-state index is 13.0. The summed E-state index contributed by atoms with van der Waals surface area (Å²) in [6.07, 6.45) is 1.99. The van der Waals surface area contributed by atoms with Gasteiger partial charge >= 0.3 is 0 Å². The highest BCUT2D eigenvalue weighted by molar-refractivity contribution is 7.10. The van der Waals surface area contributed by atoms with E-state index in [2.05, 4.69) is 41.9 Å². The summed E-state index contributed by atoms with van der Waals surface area (Å²) >= 11 is 1.72. The number of ether oxygens (including phenoxy) is 1. The zero-order valence-electron chi connectivity index (χ0n) is 14.6. The SMILES string of the molecule is Cc1cc(C)c(C(=O)NC(c2cccs2)C2CCOCC2)c(C)c1. The Kier molecular flexibility index (Phi) is 5.36. The van der Waals surface area contributed by atoms with Gasteiger partial charge in [-0.25, -0.2) is 0 Å². The van der Waals surface area contributed by atoms with Crippen LogP contribution in [0.5, 0.6) is 0 Å². The standard InChI is InChI=1S/C20H25NO2S/c1-13-11-14(2)18(15(3)12-13)20(22)21-19(17-5-4-10-24-17)16-6-8-23-9-7-16/h4-5,10-12,16,19H,6-9H2,1-3H3,(H,21,22). The van der Waals surface area contributed by atoms with Crippen LogP contribution in [0.1, 0.15) is 50.8 Å². The van der Waals surface area contributed by atoms with Crippen molar-refractivity contribution in [1.29, 1.82) is 0 Å². The van der Waals surface area contributed by atoms with Crippen molar-refractivity contribution in [3.8, 4) is 0 Å². The molecule has 1 aromatic heterocycles. The van der Waals surface area contributed by atoms with Crippen LogP contribution in [-0.4, -0.2) is 19.1 Å². The Bertz CT molecular complexity index is 679. The number of thiophene rings is 1. The average molecular weight is 343 g/mol. The van der Waals surface area contributed by atoms with E-state index in [1.165, 1.54) is 10.4 Å². The summed E-state index contributed by atoms with van der Waals surface area (Å²) in [6, 6.07) is 8.41. The third-order valence-electron chi connectivity index (χ3n) is 4.78. The highest BCUT2D eigenvalue weighted by atomic mass is 32.1. The first-order valence-corrected chi connectivity index (χ1v) is 9.44. The Morgan fingerprint density at radius 2 is 1.88 bits per heavy atom. The molecule has 1 aliphatic heterocycles. The lowest BCUT2D eigenvalue weighted by Gasteiger charge is -2.30. The molecule has 1 aliphatic rings. The zero-order valence-corrected chi connectivity index (χ0v) is 15.4. The van der Waals surface area contributed by atoms with Crippen LogP contribution < -0.4 is 5.32 Å². The fraction of sp³-hybridized carbons (Fsp3) is 0.450. The van der Waals surface area contributed by atoms with E-state index in [4.69, 9.17) is 4.74 Å². The van der Waals surface area contributed by atoms with Gasteiger partial charge in [0.05, 0.1) is 6.04 Å². The topological polar surface area (TPSA) is 38.3 Å². The van der Waals surface area contributed by atoms with Gasteiger partial charge in [0.1, 0.15) is 0 Å². The number of hydrogen-bond acceptors (Lipinski definition) is 3. The summed E-state index contributed by atoms with van der Waals surface area (Å²) in [5, 5.41) is 5.40. The number of aryl methyl sites for hydroxylation is 3. The highest BCUT2D eigenvalue weighted by Gasteiger charge is 2.28. The second kappa shape index (κ2) is 7.49. The average Bonchev–Trinajstić information content (AvgIpc) is 3.06. The minimum absolute atomic E-state index is 0.0369. The van der Waals surface area contributed by atoms with Crippen molar-refractivity contribution >= 4 is 17.2 Å². The van der Waals surface area contributed by atoms with E-state index < -0.39 is 0 Å². The molecule has 2 heterocycles. The fourth-order valence-corrected chi connectivity index (χ4v) is 4.56. The molecule has 128 valence electrons. The summed E-state index contributed by atoms with van der Waals surface area (Å²) < 4.78 is 5.50. The number of carbonyl (C=O) groups is 1. The van der Waals surface area contributed by atoms with Crippen LogP contribution in [0.3, 0.4) is 0 Å². The molecule has 0 saturated carbocycles. The first kappa shape index (κ1) is 17.2. The zero-order chi connectivity index (χ0) is 17.1. The first-order chi connectivity index (χ1) is 11.6. The van der Waals surface area contributed by atoms with Crippen LogP contribution in [0.4, 0.5) is 0 Å². The Labute approximate surface area is 148 Å². The molecule has 1 amide bonds. The maximum Gasteiger partial charge on any atom is 0.252 e. The van der Waals surface area contributed by atoms with E-state index in [1.807, 2.05) is 13.8 Å². The molecule has 0 bridgehead atoms. The number of rotatable bonds is 4. The number of amides is 1. The Balaban J connectivity index is 1.86. The molecule has 3 rings (SSSR count). The predicted molar refractivity (Wildman–Crippen MR) is 98.7 cm³/mol. The molecule has 24 heavy (non-hydrogen) atoms. The maximum absolute atomic E-state index is 13.0. The summed E-state index contributed by atoms with van der Waals surface area (Å²) in [7, 11) is 0. The van der Waals surface area contributed by atoms with Crippen LogP contribution in [0.15, 0.2) is 29.6 Å². The molecule has 1 N–H and O–H groups in total. The number of carbonyl (C=O) groups excluding carboxylic acids is 1. The van der Waals surface area contributed by atoms with Gasteiger partial charge in [-0.05, 0) is 62.1 Å². The van der Waals surface area contributed by atoms with Crippen molar-refractivity contribution in [2.24, 2.45) is 5.92 Å². The van der Waals surface area contributed by atoms with Gasteiger partial charge in [0, 0.05) is 23.7 Å². The summed E-state index contributed by atoms with van der Waals surface area (Å²) in [5.41, 5.74) is 4.10. The van der Waals surface area contributed by atoms with Crippen LogP contribution in [-0.2, 0) is 4.74 Å². The quantitative estimate of drug-likeness (QED) is 0.883. The lowest BCUT2D eigenvalue weighted by Crippen LogP contribution is -2.36. The molecular formula is C20H25NO2S. The number of hydrogen-bond donors (Lipinski definition) is 1. The van der Waals surface area contributed by atoms with Crippen LogP contribution in [0.2, 0.25) is 0 Å². The second-order valence-electron chi connectivity index (χ2n) is 6.69. The van der Waals surface area contributed by atoms with Gasteiger partial charge in [0.15, 0.2) is 0 Å². The summed E-state index contributed by atoms with van der Waals surface area (Å²) in [5.74, 6) is 0.474. The van der Waals surface area contributed by atoms with E-state index in [0.717, 1.165) is 42.7 Å². The molecule has 1 fully saturated rings. The summed E-state index contributed by atoms with van der Waals surface area (Å²) in [4.78, 5) is 14.2. The van der Waals surface area contributed by atoms with Gasteiger partial charge in [0.25, 0.3) is 5.91 Å². The molecule has 1 atom stereocenters. The van der Waals surface area contributed by atoms with E-state index in [0.29, 0.717) is 5.92 Å². The van der Waals surface area contributed by atoms with E-state index in [1.54, 1.807) is 11.3 Å². The number of benzene rings is 1. The molecule has 2 aromatic rings. The van der Waals surface area contributed by atoms with Crippen molar-refractivity contribution in [2.45, 2.75) is 39.7 Å². The lowest BCUT2D eigenvalue weighted by atomic mass is 9.90. The minimum atomic E-state index is 0.0369. The molecule has 4 heteroatoms.